The number of hydrogen-bond acceptors (Lipinski definition) is 3. The van der Waals surface area contributed by atoms with Crippen molar-refractivity contribution in [3.8, 4) is 5.75 Å². The number of nitrogens with one attached hydrogen (secondary N) is 1. The summed E-state index contributed by atoms with van der Waals surface area (Å²) in [4.78, 5) is 11.6. The molecule has 4 nitrogen and oxygen atoms in total. The highest BCUT2D eigenvalue weighted by atomic mass is 19.1. The zero-order valence-electron chi connectivity index (χ0n) is 11.9. The molecule has 1 aromatic carbocycles. The van der Waals surface area contributed by atoms with Crippen molar-refractivity contribution in [3.05, 3.63) is 29.6 Å². The second kappa shape index (κ2) is 5.79. The van der Waals surface area contributed by atoms with Crippen LogP contribution in [0.1, 0.15) is 31.7 Å². The first-order valence-electron chi connectivity index (χ1n) is 6.87. The van der Waals surface area contributed by atoms with Crippen molar-refractivity contribution in [1.82, 2.24) is 5.32 Å². The van der Waals surface area contributed by atoms with Crippen molar-refractivity contribution in [2.45, 2.75) is 44.7 Å². The van der Waals surface area contributed by atoms with Crippen LogP contribution in [0.3, 0.4) is 0 Å². The maximum absolute atomic E-state index is 13.0. The molecule has 0 heterocycles. The van der Waals surface area contributed by atoms with Crippen molar-refractivity contribution in [2.75, 3.05) is 6.61 Å². The number of aryl methyl sites for hydroxylation is 1. The molecule has 110 valence electrons. The molecule has 5 heteroatoms. The fourth-order valence-corrected chi connectivity index (χ4v) is 2.08. The van der Waals surface area contributed by atoms with Crippen LogP contribution >= 0.6 is 0 Å². The Bertz CT molecular complexity index is 503. The Balaban J connectivity index is 1.90. The van der Waals surface area contributed by atoms with Crippen LogP contribution in [-0.4, -0.2) is 24.1 Å². The van der Waals surface area contributed by atoms with Gasteiger partial charge in [0.05, 0.1) is 12.1 Å². The predicted octanol–water partition coefficient (Wildman–Crippen LogP) is 1.90. The highest BCUT2D eigenvalue weighted by Gasteiger charge is 2.36. The standard InChI is InChI=1S/C15H21FN2O2/c1-10-9-11(16)3-6-13(10)20-8-7-15(2,14(17)19)18-12-4-5-12/h3,6,9,12,18H,4-5,7-8H2,1-2H3,(H2,17,19). The van der Waals surface area contributed by atoms with Gasteiger partial charge in [-0.05, 0) is 50.5 Å². The summed E-state index contributed by atoms with van der Waals surface area (Å²) in [7, 11) is 0. The summed E-state index contributed by atoms with van der Waals surface area (Å²) < 4.78 is 18.6. The maximum atomic E-state index is 13.0. The predicted molar refractivity (Wildman–Crippen MR) is 75.0 cm³/mol. The Morgan fingerprint density at radius 1 is 1.55 bits per heavy atom. The molecule has 0 bridgehead atoms. The number of amides is 1. The van der Waals surface area contributed by atoms with E-state index in [0.29, 0.717) is 24.8 Å². The molecule has 1 unspecified atom stereocenters. The molecular formula is C15H21FN2O2. The van der Waals surface area contributed by atoms with Gasteiger partial charge in [0, 0.05) is 12.5 Å². The van der Waals surface area contributed by atoms with E-state index in [2.05, 4.69) is 5.32 Å². The number of carbonyl (C=O) groups excluding carboxylic acids is 1. The Morgan fingerprint density at radius 3 is 2.80 bits per heavy atom. The molecule has 0 spiro atoms. The summed E-state index contributed by atoms with van der Waals surface area (Å²) in [5.74, 6) is -0.0271. The van der Waals surface area contributed by atoms with Gasteiger partial charge in [0.2, 0.25) is 5.91 Å². The molecule has 0 aliphatic heterocycles. The van der Waals surface area contributed by atoms with Crippen molar-refractivity contribution in [1.29, 1.82) is 0 Å². The third-order valence-electron chi connectivity index (χ3n) is 3.64. The summed E-state index contributed by atoms with van der Waals surface area (Å²) in [6, 6.07) is 4.77. The van der Waals surface area contributed by atoms with Crippen LogP contribution in [0, 0.1) is 12.7 Å². The summed E-state index contributed by atoms with van der Waals surface area (Å²) >= 11 is 0. The highest BCUT2D eigenvalue weighted by molar-refractivity contribution is 5.84. The molecule has 1 fully saturated rings. The van der Waals surface area contributed by atoms with Crippen LogP contribution in [0.25, 0.3) is 0 Å². The van der Waals surface area contributed by atoms with Gasteiger partial charge < -0.3 is 15.8 Å². The second-order valence-electron chi connectivity index (χ2n) is 5.62. The Morgan fingerprint density at radius 2 is 2.25 bits per heavy atom. The van der Waals surface area contributed by atoms with E-state index in [4.69, 9.17) is 10.5 Å². The van der Waals surface area contributed by atoms with Crippen LogP contribution in [0.5, 0.6) is 5.75 Å². The zero-order valence-corrected chi connectivity index (χ0v) is 11.9. The molecule has 1 aliphatic carbocycles. The number of benzene rings is 1. The monoisotopic (exact) mass is 280 g/mol. The Kier molecular flexibility index (Phi) is 4.28. The van der Waals surface area contributed by atoms with E-state index >= 15 is 0 Å². The number of nitrogens with two attached hydrogens (primary N) is 1. The average Bonchev–Trinajstić information content (AvgIpc) is 3.15. The lowest BCUT2D eigenvalue weighted by Crippen LogP contribution is -2.54. The molecule has 0 aromatic heterocycles. The van der Waals surface area contributed by atoms with E-state index < -0.39 is 5.54 Å². The maximum Gasteiger partial charge on any atom is 0.237 e. The fraction of sp³-hybridized carbons (Fsp3) is 0.533. The van der Waals surface area contributed by atoms with Crippen molar-refractivity contribution in [3.63, 3.8) is 0 Å². The van der Waals surface area contributed by atoms with E-state index in [1.165, 1.54) is 12.1 Å². The first-order chi connectivity index (χ1) is 9.40. The second-order valence-corrected chi connectivity index (χ2v) is 5.62. The lowest BCUT2D eigenvalue weighted by Gasteiger charge is -2.27. The average molecular weight is 280 g/mol. The molecule has 0 saturated heterocycles. The number of halogens is 1. The molecule has 1 aliphatic rings. The lowest BCUT2D eigenvalue weighted by molar-refractivity contribution is -0.124. The van der Waals surface area contributed by atoms with Crippen LogP contribution in [0.15, 0.2) is 18.2 Å². The van der Waals surface area contributed by atoms with Gasteiger partial charge in [-0.3, -0.25) is 4.79 Å². The summed E-state index contributed by atoms with van der Waals surface area (Å²) in [6.45, 7) is 3.94. The largest absolute Gasteiger partial charge is 0.493 e. The molecule has 20 heavy (non-hydrogen) atoms. The fourth-order valence-electron chi connectivity index (χ4n) is 2.08. The van der Waals surface area contributed by atoms with Gasteiger partial charge in [0.15, 0.2) is 0 Å². The molecule has 1 saturated carbocycles. The van der Waals surface area contributed by atoms with Gasteiger partial charge in [0.1, 0.15) is 11.6 Å². The number of primary amides is 1. The van der Waals surface area contributed by atoms with Crippen LogP contribution in [0.2, 0.25) is 0 Å². The third kappa shape index (κ3) is 3.70. The molecule has 2 rings (SSSR count). The quantitative estimate of drug-likeness (QED) is 0.801. The third-order valence-corrected chi connectivity index (χ3v) is 3.64. The minimum Gasteiger partial charge on any atom is -0.493 e. The summed E-state index contributed by atoms with van der Waals surface area (Å²) in [6.07, 6.45) is 2.65. The highest BCUT2D eigenvalue weighted by Crippen LogP contribution is 2.25. The normalized spacial score (nSPS) is 17.6. The van der Waals surface area contributed by atoms with E-state index in [9.17, 15) is 9.18 Å². The smallest absolute Gasteiger partial charge is 0.237 e. The van der Waals surface area contributed by atoms with Gasteiger partial charge in [-0.1, -0.05) is 0 Å². The van der Waals surface area contributed by atoms with Crippen LogP contribution in [0.4, 0.5) is 4.39 Å². The van der Waals surface area contributed by atoms with Crippen LogP contribution in [-0.2, 0) is 4.79 Å². The number of hydrogen-bond donors (Lipinski definition) is 2. The van der Waals surface area contributed by atoms with Gasteiger partial charge >= 0.3 is 0 Å². The molecule has 1 aromatic rings. The van der Waals surface area contributed by atoms with Gasteiger partial charge in [-0.2, -0.15) is 0 Å². The van der Waals surface area contributed by atoms with Gasteiger partial charge in [-0.15, -0.1) is 0 Å². The van der Waals surface area contributed by atoms with E-state index in [1.807, 2.05) is 0 Å². The van der Waals surface area contributed by atoms with Crippen molar-refractivity contribution >= 4 is 5.91 Å². The van der Waals surface area contributed by atoms with Gasteiger partial charge in [-0.25, -0.2) is 4.39 Å². The number of ether oxygens (including phenoxy) is 1. The molecule has 0 radical (unpaired) electrons. The summed E-state index contributed by atoms with van der Waals surface area (Å²) in [5.41, 5.74) is 5.45. The van der Waals surface area contributed by atoms with Crippen LogP contribution < -0.4 is 15.8 Å². The first kappa shape index (κ1) is 14.8. The molecule has 3 N–H and O–H groups in total. The SMILES string of the molecule is Cc1cc(F)ccc1OCCC(C)(NC1CC1)C(N)=O. The summed E-state index contributed by atoms with van der Waals surface area (Å²) in [5, 5.41) is 3.26. The molecule has 1 amide bonds. The van der Waals surface area contributed by atoms with E-state index in [-0.39, 0.29) is 11.7 Å². The molecular weight excluding hydrogens is 259 g/mol. The number of carbonyl (C=O) groups is 1. The first-order valence-corrected chi connectivity index (χ1v) is 6.87. The topological polar surface area (TPSA) is 64.3 Å². The number of rotatable bonds is 7. The van der Waals surface area contributed by atoms with Gasteiger partial charge in [0.25, 0.3) is 0 Å². The molecule has 1 atom stereocenters. The minimum absolute atomic E-state index is 0.285. The lowest BCUT2D eigenvalue weighted by atomic mass is 9.97. The Hall–Kier alpha value is -1.62. The van der Waals surface area contributed by atoms with E-state index in [1.54, 1.807) is 19.9 Å². The zero-order chi connectivity index (χ0) is 14.8. The van der Waals surface area contributed by atoms with Crippen molar-refractivity contribution in [2.24, 2.45) is 5.73 Å². The van der Waals surface area contributed by atoms with Crippen molar-refractivity contribution < 1.29 is 13.9 Å². The van der Waals surface area contributed by atoms with E-state index in [0.717, 1.165) is 18.4 Å². The Labute approximate surface area is 118 Å². The minimum atomic E-state index is -0.755.